The number of hydrogen-bond acceptors (Lipinski definition) is 5. The van der Waals surface area contributed by atoms with Crippen molar-refractivity contribution >= 4 is 23.7 Å². The van der Waals surface area contributed by atoms with Gasteiger partial charge in [0.1, 0.15) is 0 Å². The molecular weight excluding hydrogens is 367 g/mol. The largest absolute Gasteiger partial charge is 0.416 e. The number of rotatable bonds is 4. The summed E-state index contributed by atoms with van der Waals surface area (Å²) < 4.78 is 43.1. The molecule has 0 unspecified atom stereocenters. The highest BCUT2D eigenvalue weighted by Crippen LogP contribution is 2.31. The minimum atomic E-state index is -4.42. The number of anilines is 1. The van der Waals surface area contributed by atoms with Crippen LogP contribution in [0.25, 0.3) is 11.5 Å². The summed E-state index contributed by atoms with van der Waals surface area (Å²) in [7, 11) is 0. The first-order valence-electron chi connectivity index (χ1n) is 7.34. The Balaban J connectivity index is 1.77. The van der Waals surface area contributed by atoms with E-state index in [0.29, 0.717) is 11.1 Å². The average molecular weight is 379 g/mol. The Bertz CT molecular complexity index is 924. The molecule has 0 atom stereocenters. The molecule has 9 heteroatoms. The normalized spacial score (nSPS) is 11.4. The van der Waals surface area contributed by atoms with Gasteiger partial charge in [0.05, 0.1) is 11.1 Å². The first-order valence-corrected chi connectivity index (χ1v) is 8.56. The van der Waals surface area contributed by atoms with E-state index in [0.717, 1.165) is 17.0 Å². The van der Waals surface area contributed by atoms with Crippen LogP contribution in [0.4, 0.5) is 19.2 Å². The number of carbonyl (C=O) groups excluding carboxylic acids is 1. The third-order valence-corrected chi connectivity index (χ3v) is 4.25. The number of nitrogens with one attached hydrogen (secondary N) is 1. The molecule has 2 aromatic carbocycles. The van der Waals surface area contributed by atoms with Crippen molar-refractivity contribution in [2.45, 2.75) is 11.1 Å². The Morgan fingerprint density at radius 2 is 1.77 bits per heavy atom. The second-order valence-corrected chi connectivity index (χ2v) is 5.99. The minimum Gasteiger partial charge on any atom is -0.403 e. The molecule has 0 radical (unpaired) electrons. The van der Waals surface area contributed by atoms with Gasteiger partial charge < -0.3 is 4.42 Å². The van der Waals surface area contributed by atoms with Crippen molar-refractivity contribution in [3.63, 3.8) is 0 Å². The molecule has 0 fully saturated rings. The van der Waals surface area contributed by atoms with Gasteiger partial charge in [-0.3, -0.25) is 10.1 Å². The summed E-state index contributed by atoms with van der Waals surface area (Å²) in [4.78, 5) is 13.1. The van der Waals surface area contributed by atoms with Crippen LogP contribution < -0.4 is 5.32 Å². The number of aromatic nitrogens is 2. The number of thioether (sulfide) groups is 1. The van der Waals surface area contributed by atoms with Crippen LogP contribution in [-0.2, 0) is 6.18 Å². The van der Waals surface area contributed by atoms with Crippen molar-refractivity contribution in [2.24, 2.45) is 0 Å². The smallest absolute Gasteiger partial charge is 0.403 e. The van der Waals surface area contributed by atoms with Crippen LogP contribution in [0, 0.1) is 0 Å². The predicted molar refractivity (Wildman–Crippen MR) is 90.9 cm³/mol. The molecule has 5 nitrogen and oxygen atoms in total. The van der Waals surface area contributed by atoms with Crippen LogP contribution in [0.2, 0.25) is 0 Å². The fourth-order valence-electron chi connectivity index (χ4n) is 2.19. The molecule has 0 aliphatic rings. The molecule has 26 heavy (non-hydrogen) atoms. The molecule has 134 valence electrons. The monoisotopic (exact) mass is 379 g/mol. The summed E-state index contributed by atoms with van der Waals surface area (Å²) in [5.41, 5.74) is -0.00671. The summed E-state index contributed by atoms with van der Waals surface area (Å²) >= 11 is 1.42. The molecule has 3 rings (SSSR count). The summed E-state index contributed by atoms with van der Waals surface area (Å²) in [5.74, 6) is -0.412. The molecule has 0 aliphatic carbocycles. The summed E-state index contributed by atoms with van der Waals surface area (Å²) in [5, 5.41) is 9.94. The van der Waals surface area contributed by atoms with E-state index in [1.807, 2.05) is 12.3 Å². The third kappa shape index (κ3) is 3.88. The van der Waals surface area contributed by atoms with Gasteiger partial charge in [-0.15, -0.1) is 16.9 Å². The lowest BCUT2D eigenvalue weighted by atomic mass is 10.1. The lowest BCUT2D eigenvalue weighted by molar-refractivity contribution is -0.137. The second-order valence-electron chi connectivity index (χ2n) is 5.14. The number of nitrogens with zero attached hydrogens (tertiary/aromatic N) is 2. The molecule has 0 bridgehead atoms. The average Bonchev–Trinajstić information content (AvgIpc) is 3.09. The van der Waals surface area contributed by atoms with Crippen molar-refractivity contribution in [3.8, 4) is 11.5 Å². The molecule has 0 saturated carbocycles. The van der Waals surface area contributed by atoms with E-state index in [9.17, 15) is 18.0 Å². The molecule has 3 aromatic rings. The summed E-state index contributed by atoms with van der Waals surface area (Å²) in [6.07, 6.45) is -2.57. The Kier molecular flexibility index (Phi) is 4.99. The topological polar surface area (TPSA) is 68.0 Å². The summed E-state index contributed by atoms with van der Waals surface area (Å²) in [6, 6.07) is 11.2. The number of amides is 1. The van der Waals surface area contributed by atoms with Crippen LogP contribution in [0.1, 0.15) is 15.9 Å². The van der Waals surface area contributed by atoms with E-state index in [1.165, 1.54) is 23.9 Å². The van der Waals surface area contributed by atoms with Crippen molar-refractivity contribution in [1.82, 2.24) is 10.2 Å². The zero-order valence-electron chi connectivity index (χ0n) is 13.4. The van der Waals surface area contributed by atoms with Gasteiger partial charge in [-0.25, -0.2) is 0 Å². The standard InChI is InChI=1S/C17H12F3N3O2S/c1-26-13-5-3-2-4-12(13)14(24)21-16-23-22-15(25-16)10-6-8-11(9-7-10)17(18,19)20/h2-9H,1H3,(H,21,23,24). The fourth-order valence-corrected chi connectivity index (χ4v) is 2.78. The molecule has 1 aromatic heterocycles. The number of carbonyl (C=O) groups is 1. The number of halogens is 3. The maximum Gasteiger partial charge on any atom is 0.416 e. The first kappa shape index (κ1) is 18.0. The predicted octanol–water partition coefficient (Wildman–Crippen LogP) is 4.73. The van der Waals surface area contributed by atoms with Crippen LogP contribution in [0.5, 0.6) is 0 Å². The van der Waals surface area contributed by atoms with Gasteiger partial charge >= 0.3 is 12.2 Å². The van der Waals surface area contributed by atoms with Gasteiger partial charge in [-0.1, -0.05) is 17.2 Å². The molecule has 0 spiro atoms. The van der Waals surface area contributed by atoms with Gasteiger partial charge in [0.2, 0.25) is 5.89 Å². The van der Waals surface area contributed by atoms with Crippen LogP contribution in [-0.4, -0.2) is 22.4 Å². The number of benzene rings is 2. The fraction of sp³-hybridized carbons (Fsp3) is 0.118. The number of hydrogen-bond donors (Lipinski definition) is 1. The van der Waals surface area contributed by atoms with Gasteiger partial charge in [-0.2, -0.15) is 13.2 Å². The Morgan fingerprint density at radius 1 is 1.08 bits per heavy atom. The van der Waals surface area contributed by atoms with Gasteiger partial charge in [0, 0.05) is 10.5 Å². The van der Waals surface area contributed by atoms with Crippen LogP contribution >= 0.6 is 11.8 Å². The van der Waals surface area contributed by atoms with Gasteiger partial charge in [0.25, 0.3) is 5.91 Å². The molecular formula is C17H12F3N3O2S. The maximum absolute atomic E-state index is 12.6. The zero-order valence-corrected chi connectivity index (χ0v) is 14.2. The quantitative estimate of drug-likeness (QED) is 0.664. The highest BCUT2D eigenvalue weighted by atomic mass is 32.2. The lowest BCUT2D eigenvalue weighted by Gasteiger charge is -2.06. The van der Waals surface area contributed by atoms with Gasteiger partial charge in [-0.05, 0) is 42.7 Å². The van der Waals surface area contributed by atoms with E-state index < -0.39 is 17.6 Å². The third-order valence-electron chi connectivity index (χ3n) is 3.46. The van der Waals surface area contributed by atoms with E-state index >= 15 is 0 Å². The highest BCUT2D eigenvalue weighted by Gasteiger charge is 2.30. The SMILES string of the molecule is CSc1ccccc1C(=O)Nc1nnc(-c2ccc(C(F)(F)F)cc2)o1. The molecule has 1 N–H and O–H groups in total. The van der Waals surface area contributed by atoms with Crippen molar-refractivity contribution in [2.75, 3.05) is 11.6 Å². The Morgan fingerprint density at radius 3 is 2.42 bits per heavy atom. The number of alkyl halides is 3. The highest BCUT2D eigenvalue weighted by molar-refractivity contribution is 7.98. The molecule has 0 saturated heterocycles. The Labute approximate surface area is 150 Å². The molecule has 1 amide bonds. The lowest BCUT2D eigenvalue weighted by Crippen LogP contribution is -2.13. The Hall–Kier alpha value is -2.81. The van der Waals surface area contributed by atoms with Crippen LogP contribution in [0.15, 0.2) is 57.8 Å². The van der Waals surface area contributed by atoms with Crippen molar-refractivity contribution < 1.29 is 22.4 Å². The minimum absolute atomic E-state index is 0.00664. The first-order chi connectivity index (χ1) is 12.4. The molecule has 0 aliphatic heterocycles. The van der Waals surface area contributed by atoms with E-state index in [4.69, 9.17) is 4.42 Å². The van der Waals surface area contributed by atoms with E-state index in [2.05, 4.69) is 15.5 Å². The van der Waals surface area contributed by atoms with Crippen molar-refractivity contribution in [1.29, 1.82) is 0 Å². The van der Waals surface area contributed by atoms with E-state index in [1.54, 1.807) is 18.2 Å². The van der Waals surface area contributed by atoms with Crippen molar-refractivity contribution in [3.05, 3.63) is 59.7 Å². The zero-order chi connectivity index (χ0) is 18.7. The second kappa shape index (κ2) is 7.20. The van der Waals surface area contributed by atoms with Gasteiger partial charge in [0.15, 0.2) is 0 Å². The summed E-state index contributed by atoms with van der Waals surface area (Å²) in [6.45, 7) is 0. The van der Waals surface area contributed by atoms with Crippen LogP contribution in [0.3, 0.4) is 0 Å². The van der Waals surface area contributed by atoms with E-state index in [-0.39, 0.29) is 11.9 Å². The maximum atomic E-state index is 12.6. The molecule has 1 heterocycles.